The summed E-state index contributed by atoms with van der Waals surface area (Å²) in [6.07, 6.45) is 11.6. The maximum absolute atomic E-state index is 13.2. The number of amides is 3. The lowest BCUT2D eigenvalue weighted by atomic mass is 9.53. The van der Waals surface area contributed by atoms with E-state index in [9.17, 15) is 14.4 Å². The van der Waals surface area contributed by atoms with Crippen LogP contribution in [-0.4, -0.2) is 102 Å². The predicted octanol–water partition coefficient (Wildman–Crippen LogP) is 2.90. The zero-order valence-electron chi connectivity index (χ0n) is 24.8. The van der Waals surface area contributed by atoms with Crippen molar-refractivity contribution >= 4 is 17.7 Å². The summed E-state index contributed by atoms with van der Waals surface area (Å²) in [7, 11) is 1.52. The second kappa shape index (κ2) is 11.1. The molecule has 0 radical (unpaired) electrons. The van der Waals surface area contributed by atoms with Crippen molar-refractivity contribution in [1.82, 2.24) is 24.9 Å². The number of benzene rings is 1. The van der Waals surface area contributed by atoms with Gasteiger partial charge in [-0.1, -0.05) is 12.1 Å². The lowest BCUT2D eigenvalue weighted by Crippen LogP contribution is -2.59. The van der Waals surface area contributed by atoms with Crippen LogP contribution < -0.4 is 5.32 Å². The summed E-state index contributed by atoms with van der Waals surface area (Å²) in [6, 6.07) is 5.47. The molecule has 1 aromatic rings. The molecule has 1 N–H and O–H groups in total. The molecular weight excluding hydrogens is 514 g/mol. The molecule has 1 atom stereocenters. The third kappa shape index (κ3) is 5.36. The highest BCUT2D eigenvalue weighted by molar-refractivity contribution is 6.05. The average Bonchev–Trinajstić information content (AvgIpc) is 3.29. The Hall–Kier alpha value is -2.29. The van der Waals surface area contributed by atoms with Crippen LogP contribution in [0.5, 0.6) is 0 Å². The highest BCUT2D eigenvalue weighted by atomic mass is 16.2. The van der Waals surface area contributed by atoms with E-state index in [4.69, 9.17) is 0 Å². The van der Waals surface area contributed by atoms with Crippen molar-refractivity contribution < 1.29 is 14.4 Å². The molecule has 2 saturated heterocycles. The summed E-state index contributed by atoms with van der Waals surface area (Å²) in [5, 5.41) is 4.07. The van der Waals surface area contributed by atoms with Gasteiger partial charge in [0.25, 0.3) is 11.8 Å². The third-order valence-corrected chi connectivity index (χ3v) is 11.4. The Balaban J connectivity index is 0.853. The lowest BCUT2D eigenvalue weighted by Gasteiger charge is -2.57. The molecule has 4 saturated carbocycles. The van der Waals surface area contributed by atoms with E-state index in [1.54, 1.807) is 4.90 Å². The van der Waals surface area contributed by atoms with Crippen LogP contribution >= 0.6 is 0 Å². The first-order chi connectivity index (χ1) is 19.9. The minimum atomic E-state index is -0.538. The average molecular weight is 562 g/mol. The van der Waals surface area contributed by atoms with Crippen LogP contribution in [0.4, 0.5) is 0 Å². The maximum atomic E-state index is 13.2. The van der Waals surface area contributed by atoms with E-state index in [-0.39, 0.29) is 17.7 Å². The zero-order valence-corrected chi connectivity index (χ0v) is 24.8. The summed E-state index contributed by atoms with van der Waals surface area (Å²) in [5.41, 5.74) is 3.49. The number of nitrogens with zero attached hydrogens (tertiary/aromatic N) is 4. The van der Waals surface area contributed by atoms with Crippen molar-refractivity contribution in [3.63, 3.8) is 0 Å². The third-order valence-electron chi connectivity index (χ3n) is 11.4. The monoisotopic (exact) mass is 561 g/mol. The number of hydrogen-bond acceptors (Lipinski definition) is 6. The molecule has 4 aliphatic carbocycles. The van der Waals surface area contributed by atoms with E-state index < -0.39 is 6.04 Å². The van der Waals surface area contributed by atoms with Crippen LogP contribution in [0.2, 0.25) is 0 Å². The Morgan fingerprint density at radius 1 is 0.902 bits per heavy atom. The Morgan fingerprint density at radius 3 is 2.24 bits per heavy atom. The fourth-order valence-corrected chi connectivity index (χ4v) is 9.63. The largest absolute Gasteiger partial charge is 0.322 e. The first-order valence-electron chi connectivity index (χ1n) is 16.3. The van der Waals surface area contributed by atoms with Crippen molar-refractivity contribution in [3.8, 4) is 0 Å². The van der Waals surface area contributed by atoms with E-state index in [1.807, 2.05) is 12.1 Å². The Morgan fingerprint density at radius 2 is 1.56 bits per heavy atom. The van der Waals surface area contributed by atoms with Gasteiger partial charge >= 0.3 is 0 Å². The minimum absolute atomic E-state index is 0.0725. The van der Waals surface area contributed by atoms with Crippen molar-refractivity contribution in [2.24, 2.45) is 17.8 Å². The van der Waals surface area contributed by atoms with Gasteiger partial charge in [-0.2, -0.15) is 0 Å². The standard InChI is InChI=1S/C33H47N5O3/c1-35-30(39)8-7-29(32(35)41)38-22-28-26(4-2-6-27(28)31(38)40)5-3-10-36-12-14-37(15-13-36)11-9-34-33-19-23-16-24(20-33)18-25(17-23)21-33/h2,4,6,23-25,29,34H,3,5,7-22H2,1H3. The maximum Gasteiger partial charge on any atom is 0.255 e. The molecule has 1 unspecified atom stereocenters. The summed E-state index contributed by atoms with van der Waals surface area (Å²) in [6.45, 7) is 8.43. The SMILES string of the molecule is CN1C(=O)CCC(N2Cc3c(CCCN4CCN(CCNC56CC7CC(CC(C7)C5)C6)CC4)cccc3C2=O)C1=O. The van der Waals surface area contributed by atoms with Crippen molar-refractivity contribution in [1.29, 1.82) is 0 Å². The first kappa shape index (κ1) is 27.5. The van der Waals surface area contributed by atoms with E-state index in [0.29, 0.717) is 24.9 Å². The van der Waals surface area contributed by atoms with E-state index >= 15 is 0 Å². The summed E-state index contributed by atoms with van der Waals surface area (Å²) < 4.78 is 0. The van der Waals surface area contributed by atoms with E-state index in [1.165, 1.54) is 62.6 Å². The van der Waals surface area contributed by atoms with Crippen LogP contribution in [0.25, 0.3) is 0 Å². The van der Waals surface area contributed by atoms with Gasteiger partial charge in [-0.05, 0) is 99.3 Å². The van der Waals surface area contributed by atoms with Gasteiger partial charge < -0.3 is 15.1 Å². The van der Waals surface area contributed by atoms with E-state index in [2.05, 4.69) is 21.2 Å². The molecule has 4 bridgehead atoms. The number of carbonyl (C=O) groups is 3. The summed E-state index contributed by atoms with van der Waals surface area (Å²) >= 11 is 0. The normalized spacial score (nSPS) is 33.7. The number of likely N-dealkylation sites (N-methyl/N-ethyl adjacent to an activating group) is 1. The number of carbonyl (C=O) groups excluding carboxylic acids is 3. The van der Waals surface area contributed by atoms with Crippen LogP contribution in [0, 0.1) is 17.8 Å². The quantitative estimate of drug-likeness (QED) is 0.468. The number of fused-ring (bicyclic) bond motifs is 1. The second-order valence-corrected chi connectivity index (χ2v) is 14.1. The molecule has 1 aromatic carbocycles. The van der Waals surface area contributed by atoms with Gasteiger partial charge in [0.15, 0.2) is 0 Å². The molecule has 0 aromatic heterocycles. The molecule has 3 aliphatic heterocycles. The van der Waals surface area contributed by atoms with Gasteiger partial charge in [0.05, 0.1) is 0 Å². The van der Waals surface area contributed by atoms with Crippen LogP contribution in [0.15, 0.2) is 18.2 Å². The van der Waals surface area contributed by atoms with Gasteiger partial charge in [0, 0.05) is 70.4 Å². The number of piperidine rings is 1. The Kier molecular flexibility index (Phi) is 7.44. The van der Waals surface area contributed by atoms with E-state index in [0.717, 1.165) is 81.0 Å². The smallest absolute Gasteiger partial charge is 0.255 e. The Labute approximate surface area is 244 Å². The molecule has 0 spiro atoms. The molecule has 8 heteroatoms. The number of rotatable bonds is 9. The van der Waals surface area contributed by atoms with Gasteiger partial charge in [-0.3, -0.25) is 24.2 Å². The van der Waals surface area contributed by atoms with Crippen molar-refractivity contribution in [3.05, 3.63) is 34.9 Å². The molecule has 222 valence electrons. The number of nitrogens with one attached hydrogen (secondary N) is 1. The molecule has 7 aliphatic rings. The molecular formula is C33H47N5O3. The second-order valence-electron chi connectivity index (χ2n) is 14.1. The number of piperazine rings is 1. The first-order valence-corrected chi connectivity index (χ1v) is 16.3. The predicted molar refractivity (Wildman–Crippen MR) is 157 cm³/mol. The minimum Gasteiger partial charge on any atom is -0.322 e. The fourth-order valence-electron chi connectivity index (χ4n) is 9.63. The highest BCUT2D eigenvalue weighted by Gasteiger charge is 2.50. The van der Waals surface area contributed by atoms with Gasteiger partial charge in [0.2, 0.25) is 5.91 Å². The topological polar surface area (TPSA) is 76.2 Å². The van der Waals surface area contributed by atoms with Gasteiger partial charge in [0.1, 0.15) is 6.04 Å². The molecule has 3 amide bonds. The molecule has 8 rings (SSSR count). The van der Waals surface area contributed by atoms with Crippen molar-refractivity contribution in [2.45, 2.75) is 82.3 Å². The number of aryl methyl sites for hydroxylation is 1. The van der Waals surface area contributed by atoms with Crippen LogP contribution in [0.3, 0.4) is 0 Å². The Bertz CT molecular complexity index is 1160. The van der Waals surface area contributed by atoms with Crippen molar-refractivity contribution in [2.75, 3.05) is 52.9 Å². The number of hydrogen-bond donors (Lipinski definition) is 1. The molecule has 3 heterocycles. The molecule has 41 heavy (non-hydrogen) atoms. The highest BCUT2D eigenvalue weighted by Crippen LogP contribution is 2.55. The summed E-state index contributed by atoms with van der Waals surface area (Å²) in [5.74, 6) is 2.52. The fraction of sp³-hybridized carbons (Fsp3) is 0.727. The molecule has 6 fully saturated rings. The molecule has 8 nitrogen and oxygen atoms in total. The van der Waals surface area contributed by atoms with Gasteiger partial charge in [-0.25, -0.2) is 0 Å². The van der Waals surface area contributed by atoms with Crippen LogP contribution in [-0.2, 0) is 22.6 Å². The zero-order chi connectivity index (χ0) is 28.1. The number of imide groups is 1. The lowest BCUT2D eigenvalue weighted by molar-refractivity contribution is -0.150. The van der Waals surface area contributed by atoms with Gasteiger partial charge in [-0.15, -0.1) is 0 Å². The summed E-state index contributed by atoms with van der Waals surface area (Å²) in [4.78, 5) is 46.0. The number of likely N-dealkylation sites (tertiary alicyclic amines) is 1. The van der Waals surface area contributed by atoms with Crippen LogP contribution in [0.1, 0.15) is 79.3 Å².